The molecular weight excluding hydrogens is 448 g/mol. The van der Waals surface area contributed by atoms with Crippen LogP contribution in [0.5, 0.6) is 5.75 Å². The van der Waals surface area contributed by atoms with Crippen LogP contribution < -0.4 is 14.4 Å². The second kappa shape index (κ2) is 9.55. The Morgan fingerprint density at radius 2 is 1.97 bits per heavy atom. The van der Waals surface area contributed by atoms with Crippen LogP contribution in [-0.2, 0) is 14.8 Å². The minimum Gasteiger partial charge on any atom is -0.476 e. The molecule has 32 heavy (non-hydrogen) atoms. The van der Waals surface area contributed by atoms with Gasteiger partial charge in [-0.2, -0.15) is 0 Å². The van der Waals surface area contributed by atoms with Crippen LogP contribution in [-0.4, -0.2) is 33.5 Å². The normalized spacial score (nSPS) is 18.4. The Labute approximate surface area is 194 Å². The number of fused-ring (bicyclic) bond motifs is 1. The third kappa shape index (κ3) is 4.94. The Morgan fingerprint density at radius 3 is 2.69 bits per heavy atom. The van der Waals surface area contributed by atoms with Gasteiger partial charge in [0.05, 0.1) is 17.1 Å². The Hall–Kier alpha value is -2.51. The monoisotopic (exact) mass is 474 g/mol. The molecule has 1 aliphatic heterocycles. The van der Waals surface area contributed by atoms with Crippen LogP contribution in [0.2, 0.25) is 5.02 Å². The molecule has 0 bridgehead atoms. The van der Waals surface area contributed by atoms with Crippen molar-refractivity contribution < 1.29 is 17.9 Å². The summed E-state index contributed by atoms with van der Waals surface area (Å²) in [5.41, 5.74) is 2.65. The van der Waals surface area contributed by atoms with E-state index in [1.807, 2.05) is 6.92 Å². The zero-order chi connectivity index (χ0) is 22.7. The third-order valence-corrected chi connectivity index (χ3v) is 7.85. The summed E-state index contributed by atoms with van der Waals surface area (Å²) in [6, 6.07) is 11.4. The first-order chi connectivity index (χ1) is 15.3. The maximum atomic E-state index is 13.4. The highest BCUT2D eigenvalue weighted by Crippen LogP contribution is 2.38. The summed E-state index contributed by atoms with van der Waals surface area (Å²) >= 11 is 6.14. The molecule has 2 aromatic carbocycles. The first-order valence-corrected chi connectivity index (χ1v) is 12.7. The number of carbonyl (C=O) groups is 1. The van der Waals surface area contributed by atoms with E-state index in [0.717, 1.165) is 24.8 Å². The lowest BCUT2D eigenvalue weighted by molar-refractivity contribution is -0.127. The van der Waals surface area contributed by atoms with Crippen molar-refractivity contribution in [3.8, 4) is 5.75 Å². The molecule has 0 saturated heterocycles. The predicted molar refractivity (Wildman–Crippen MR) is 126 cm³/mol. The summed E-state index contributed by atoms with van der Waals surface area (Å²) in [7, 11) is -3.91. The van der Waals surface area contributed by atoms with Gasteiger partial charge in [-0.15, -0.1) is 0 Å². The van der Waals surface area contributed by atoms with Gasteiger partial charge in [0.25, 0.3) is 15.9 Å². The van der Waals surface area contributed by atoms with E-state index in [-0.39, 0.29) is 17.3 Å². The van der Waals surface area contributed by atoms with Crippen molar-refractivity contribution in [1.82, 2.24) is 5.32 Å². The molecule has 8 heteroatoms. The Morgan fingerprint density at radius 1 is 1.19 bits per heavy atom. The number of sulfonamides is 1. The lowest BCUT2D eigenvalue weighted by Crippen LogP contribution is -2.50. The highest BCUT2D eigenvalue weighted by Gasteiger charge is 2.37. The van der Waals surface area contributed by atoms with E-state index in [0.29, 0.717) is 23.0 Å². The van der Waals surface area contributed by atoms with Crippen LogP contribution in [0.3, 0.4) is 0 Å². The minimum absolute atomic E-state index is 0.127. The van der Waals surface area contributed by atoms with E-state index in [1.165, 1.54) is 22.7 Å². The van der Waals surface area contributed by atoms with Crippen LogP contribution in [0, 0.1) is 6.92 Å². The summed E-state index contributed by atoms with van der Waals surface area (Å²) in [5, 5.41) is 3.30. The molecule has 0 fully saturated rings. The van der Waals surface area contributed by atoms with E-state index in [2.05, 4.69) is 11.4 Å². The third-order valence-electron chi connectivity index (χ3n) is 5.82. The summed E-state index contributed by atoms with van der Waals surface area (Å²) in [6.45, 7) is 2.27. The molecule has 0 radical (unpaired) electrons. The number of allylic oxidation sites excluding steroid dienone is 1. The Kier molecular flexibility index (Phi) is 6.76. The van der Waals surface area contributed by atoms with E-state index in [9.17, 15) is 13.2 Å². The molecule has 0 unspecified atom stereocenters. The number of nitrogens with zero attached hydrogens (tertiary/aromatic N) is 1. The van der Waals surface area contributed by atoms with Crippen molar-refractivity contribution in [1.29, 1.82) is 0 Å². The minimum atomic E-state index is -3.91. The maximum absolute atomic E-state index is 13.4. The summed E-state index contributed by atoms with van der Waals surface area (Å²) in [5.74, 6) is -0.0161. The average molecular weight is 475 g/mol. The van der Waals surface area contributed by atoms with Gasteiger partial charge < -0.3 is 10.1 Å². The van der Waals surface area contributed by atoms with Crippen LogP contribution in [0.1, 0.15) is 37.7 Å². The number of amides is 1. The number of benzene rings is 2. The van der Waals surface area contributed by atoms with Gasteiger partial charge in [-0.05, 0) is 69.4 Å². The van der Waals surface area contributed by atoms with Crippen molar-refractivity contribution in [2.75, 3.05) is 17.4 Å². The number of anilines is 1. The highest BCUT2D eigenvalue weighted by atomic mass is 35.5. The predicted octanol–water partition coefficient (Wildman–Crippen LogP) is 4.61. The molecule has 4 rings (SSSR count). The van der Waals surface area contributed by atoms with Crippen LogP contribution in [0.4, 0.5) is 5.69 Å². The maximum Gasteiger partial charge on any atom is 0.264 e. The molecule has 0 spiro atoms. The zero-order valence-electron chi connectivity index (χ0n) is 18.0. The molecular formula is C24H27ClN2O4S. The molecule has 1 atom stereocenters. The fraction of sp³-hybridized carbons (Fsp3) is 0.375. The highest BCUT2D eigenvalue weighted by molar-refractivity contribution is 7.92. The van der Waals surface area contributed by atoms with Gasteiger partial charge in [0.2, 0.25) is 0 Å². The number of rotatable bonds is 6. The fourth-order valence-corrected chi connectivity index (χ4v) is 5.65. The first kappa shape index (κ1) is 22.7. The first-order valence-electron chi connectivity index (χ1n) is 10.9. The van der Waals surface area contributed by atoms with E-state index < -0.39 is 16.1 Å². The van der Waals surface area contributed by atoms with Gasteiger partial charge in [0.1, 0.15) is 5.75 Å². The fourth-order valence-electron chi connectivity index (χ4n) is 4.02. The SMILES string of the molecule is Cc1ccc(S(=O)(=O)N2C[C@H](C(=O)NCCC3=CCCCC3)Oc3ccc(Cl)cc32)cc1. The van der Waals surface area contributed by atoms with E-state index in [4.69, 9.17) is 16.3 Å². The number of carbonyl (C=O) groups excluding carboxylic acids is 1. The van der Waals surface area contributed by atoms with E-state index >= 15 is 0 Å². The average Bonchev–Trinajstić information content (AvgIpc) is 2.79. The zero-order valence-corrected chi connectivity index (χ0v) is 19.6. The van der Waals surface area contributed by atoms with Crippen LogP contribution in [0.15, 0.2) is 59.0 Å². The smallest absolute Gasteiger partial charge is 0.264 e. The standard InChI is InChI=1S/C24H27ClN2O4S/c1-17-7-10-20(11-8-17)32(29,30)27-16-23(31-22-12-9-19(25)15-21(22)27)24(28)26-14-13-18-5-3-2-4-6-18/h5,7-12,15,23H,2-4,6,13-14,16H2,1H3,(H,26,28)/t23-/m1/s1. The quantitative estimate of drug-likeness (QED) is 0.620. The molecule has 1 amide bonds. The van der Waals surface area contributed by atoms with Crippen molar-refractivity contribution in [3.05, 3.63) is 64.7 Å². The second-order valence-corrected chi connectivity index (χ2v) is 10.5. The topological polar surface area (TPSA) is 75.7 Å². The molecule has 2 aliphatic rings. The number of halogens is 1. The van der Waals surface area contributed by atoms with Crippen molar-refractivity contribution in [3.63, 3.8) is 0 Å². The Bertz CT molecular complexity index is 1130. The summed E-state index contributed by atoms with van der Waals surface area (Å²) in [4.78, 5) is 13.0. The van der Waals surface area contributed by atoms with Crippen molar-refractivity contribution in [2.45, 2.75) is 50.0 Å². The van der Waals surface area contributed by atoms with Gasteiger partial charge >= 0.3 is 0 Å². The number of hydrogen-bond acceptors (Lipinski definition) is 4. The number of hydrogen-bond donors (Lipinski definition) is 1. The second-order valence-electron chi connectivity index (χ2n) is 8.22. The molecule has 1 N–H and O–H groups in total. The van der Waals surface area contributed by atoms with Gasteiger partial charge in [0, 0.05) is 11.6 Å². The van der Waals surface area contributed by atoms with Crippen LogP contribution >= 0.6 is 11.6 Å². The van der Waals surface area contributed by atoms with Gasteiger partial charge in [-0.3, -0.25) is 9.10 Å². The van der Waals surface area contributed by atoms with Gasteiger partial charge in [-0.25, -0.2) is 8.42 Å². The summed E-state index contributed by atoms with van der Waals surface area (Å²) < 4.78 is 34.0. The Balaban J connectivity index is 1.55. The van der Waals surface area contributed by atoms with E-state index in [1.54, 1.807) is 42.5 Å². The molecule has 1 aliphatic carbocycles. The summed E-state index contributed by atoms with van der Waals surface area (Å²) in [6.07, 6.45) is 6.69. The lowest BCUT2D eigenvalue weighted by Gasteiger charge is -2.35. The molecule has 2 aromatic rings. The molecule has 6 nitrogen and oxygen atoms in total. The molecule has 0 saturated carbocycles. The number of nitrogens with one attached hydrogen (secondary N) is 1. The largest absolute Gasteiger partial charge is 0.476 e. The molecule has 170 valence electrons. The lowest BCUT2D eigenvalue weighted by atomic mass is 9.97. The van der Waals surface area contributed by atoms with Crippen molar-refractivity contribution >= 4 is 33.2 Å². The molecule has 1 heterocycles. The number of ether oxygens (including phenoxy) is 1. The van der Waals surface area contributed by atoms with Crippen molar-refractivity contribution in [2.24, 2.45) is 0 Å². The van der Waals surface area contributed by atoms with Crippen LogP contribution in [0.25, 0.3) is 0 Å². The van der Waals surface area contributed by atoms with Gasteiger partial charge in [0.15, 0.2) is 6.10 Å². The molecule has 0 aromatic heterocycles. The number of aryl methyl sites for hydroxylation is 1. The van der Waals surface area contributed by atoms with Gasteiger partial charge in [-0.1, -0.05) is 40.9 Å².